The number of hydrogen-bond acceptors (Lipinski definition) is 3. The molecule has 1 fully saturated rings. The molecule has 1 aliphatic rings. The molecule has 1 aromatic heterocycles. The van der Waals surface area contributed by atoms with Crippen LogP contribution in [0.15, 0.2) is 36.7 Å². The molecule has 0 bridgehead atoms. The molecule has 0 aromatic carbocycles. The number of nitrogens with zero attached hydrogens (tertiary/aromatic N) is 2. The Morgan fingerprint density at radius 3 is 2.62 bits per heavy atom. The minimum absolute atomic E-state index is 0. The maximum atomic E-state index is 5.91. The Labute approximate surface area is 159 Å². The van der Waals surface area contributed by atoms with Gasteiger partial charge in [0.1, 0.15) is 12.4 Å². The number of rotatable bonds is 5. The van der Waals surface area contributed by atoms with Crippen molar-refractivity contribution in [3.63, 3.8) is 0 Å². The second kappa shape index (κ2) is 10.8. The summed E-state index contributed by atoms with van der Waals surface area (Å²) in [5, 5.41) is 0. The lowest BCUT2D eigenvalue weighted by molar-refractivity contribution is 0.198. The summed E-state index contributed by atoms with van der Waals surface area (Å²) in [6, 6.07) is 2.58. The fraction of sp³-hybridized carbons (Fsp3) is 0.526. The normalized spacial score (nSPS) is 18.6. The minimum Gasteiger partial charge on any atom is -0.490 e. The van der Waals surface area contributed by atoms with Crippen LogP contribution in [0.5, 0.6) is 5.75 Å². The number of ether oxygens (including phenoxy) is 1. The monoisotopic (exact) mass is 372 g/mol. The van der Waals surface area contributed by atoms with Gasteiger partial charge in [-0.15, -0.1) is 24.8 Å². The number of halogens is 2. The van der Waals surface area contributed by atoms with E-state index in [-0.39, 0.29) is 30.2 Å². The van der Waals surface area contributed by atoms with Gasteiger partial charge in [-0.25, -0.2) is 0 Å². The zero-order valence-electron chi connectivity index (χ0n) is 15.1. The lowest BCUT2D eigenvalue weighted by Gasteiger charge is -2.19. The topological polar surface area (TPSA) is 25.4 Å². The molecule has 0 N–H and O–H groups in total. The van der Waals surface area contributed by atoms with Crippen LogP contribution < -0.4 is 4.74 Å². The molecule has 3 nitrogen and oxygen atoms in total. The highest BCUT2D eigenvalue weighted by Crippen LogP contribution is 2.18. The van der Waals surface area contributed by atoms with Crippen molar-refractivity contribution in [3.8, 4) is 5.75 Å². The highest BCUT2D eigenvalue weighted by Gasteiger charge is 2.21. The second-order valence-electron chi connectivity index (χ2n) is 7.13. The van der Waals surface area contributed by atoms with Crippen LogP contribution >= 0.6 is 24.8 Å². The standard InChI is InChI=1S/C19H28N2O.2ClH/c1-19(2,3)10-6-5-8-16-12-18(14-20-13-16)22-15-17-9-7-11-21(17)4;;/h5-6,8,10,12-14,17H,7,9,11,15H2,1-4H3;2*1H/t17-;;/m0../s1. The van der Waals surface area contributed by atoms with Gasteiger partial charge < -0.3 is 9.64 Å². The predicted octanol–water partition coefficient (Wildman–Crippen LogP) is 5.01. The smallest absolute Gasteiger partial charge is 0.138 e. The summed E-state index contributed by atoms with van der Waals surface area (Å²) in [4.78, 5) is 6.63. The van der Waals surface area contributed by atoms with Gasteiger partial charge in [-0.1, -0.05) is 45.1 Å². The van der Waals surface area contributed by atoms with E-state index in [9.17, 15) is 0 Å². The van der Waals surface area contributed by atoms with Gasteiger partial charge in [-0.3, -0.25) is 4.98 Å². The third kappa shape index (κ3) is 8.18. The molecule has 0 spiro atoms. The van der Waals surface area contributed by atoms with Crippen LogP contribution in [0.2, 0.25) is 0 Å². The van der Waals surface area contributed by atoms with Crippen LogP contribution in [0.4, 0.5) is 0 Å². The van der Waals surface area contributed by atoms with Crippen molar-refractivity contribution in [2.45, 2.75) is 39.7 Å². The van der Waals surface area contributed by atoms with Gasteiger partial charge in [0, 0.05) is 12.2 Å². The lowest BCUT2D eigenvalue weighted by atomic mass is 9.96. The molecule has 0 saturated carbocycles. The fourth-order valence-electron chi connectivity index (χ4n) is 2.50. The van der Waals surface area contributed by atoms with Crippen molar-refractivity contribution in [2.75, 3.05) is 20.2 Å². The molecule has 0 amide bonds. The van der Waals surface area contributed by atoms with Crippen LogP contribution in [0.3, 0.4) is 0 Å². The Hall–Kier alpha value is -1.03. The number of aromatic nitrogens is 1. The third-order valence-electron chi connectivity index (χ3n) is 3.84. The molecule has 1 atom stereocenters. The first-order valence-corrected chi connectivity index (χ1v) is 8.08. The van der Waals surface area contributed by atoms with Crippen LogP contribution in [-0.4, -0.2) is 36.1 Å². The molecule has 0 radical (unpaired) electrons. The Morgan fingerprint density at radius 2 is 2.00 bits per heavy atom. The van der Waals surface area contributed by atoms with E-state index in [1.807, 2.05) is 12.3 Å². The van der Waals surface area contributed by atoms with E-state index >= 15 is 0 Å². The SMILES string of the molecule is CN1CCC[C@H]1COc1cncc(C=CC=CC(C)(C)C)c1.Cl.Cl. The number of likely N-dealkylation sites (tertiary alicyclic amines) is 1. The zero-order chi connectivity index (χ0) is 16.0. The maximum Gasteiger partial charge on any atom is 0.138 e. The van der Waals surface area contributed by atoms with Gasteiger partial charge in [0.25, 0.3) is 0 Å². The Balaban J connectivity index is 0.00000264. The van der Waals surface area contributed by atoms with Crippen molar-refractivity contribution in [2.24, 2.45) is 5.41 Å². The molecule has 24 heavy (non-hydrogen) atoms. The average molecular weight is 373 g/mol. The second-order valence-corrected chi connectivity index (χ2v) is 7.13. The van der Waals surface area contributed by atoms with Crippen molar-refractivity contribution in [1.29, 1.82) is 0 Å². The summed E-state index contributed by atoms with van der Waals surface area (Å²) in [5.74, 6) is 0.849. The average Bonchev–Trinajstić information content (AvgIpc) is 2.86. The summed E-state index contributed by atoms with van der Waals surface area (Å²) >= 11 is 0. The van der Waals surface area contributed by atoms with Gasteiger partial charge in [0.2, 0.25) is 0 Å². The van der Waals surface area contributed by atoms with Crippen molar-refractivity contribution in [3.05, 3.63) is 42.3 Å². The van der Waals surface area contributed by atoms with E-state index in [1.54, 1.807) is 6.20 Å². The number of hydrogen-bond donors (Lipinski definition) is 0. The van der Waals surface area contributed by atoms with Crippen molar-refractivity contribution in [1.82, 2.24) is 9.88 Å². The van der Waals surface area contributed by atoms with Crippen molar-refractivity contribution >= 4 is 30.9 Å². The van der Waals surface area contributed by atoms with Crippen LogP contribution in [0, 0.1) is 5.41 Å². The van der Waals surface area contributed by atoms with Gasteiger partial charge in [-0.2, -0.15) is 0 Å². The predicted molar refractivity (Wildman–Crippen MR) is 108 cm³/mol. The molecule has 136 valence electrons. The molecular weight excluding hydrogens is 343 g/mol. The van der Waals surface area contributed by atoms with E-state index in [0.717, 1.165) is 17.9 Å². The van der Waals surface area contributed by atoms with E-state index < -0.39 is 0 Å². The van der Waals surface area contributed by atoms with Gasteiger partial charge in [0.15, 0.2) is 0 Å². The van der Waals surface area contributed by atoms with Gasteiger partial charge in [0.05, 0.1) is 6.20 Å². The summed E-state index contributed by atoms with van der Waals surface area (Å²) in [6.45, 7) is 8.48. The molecule has 1 saturated heterocycles. The van der Waals surface area contributed by atoms with Crippen LogP contribution in [-0.2, 0) is 0 Å². The van der Waals surface area contributed by atoms with Crippen molar-refractivity contribution < 1.29 is 4.74 Å². The Bertz CT molecular complexity index is 538. The number of allylic oxidation sites excluding steroid dienone is 3. The fourth-order valence-corrected chi connectivity index (χ4v) is 2.50. The molecular formula is C19H30Cl2N2O. The molecule has 1 aromatic rings. The Morgan fingerprint density at radius 1 is 1.25 bits per heavy atom. The number of likely N-dealkylation sites (N-methyl/N-ethyl adjacent to an activating group) is 1. The minimum atomic E-state index is 0. The highest BCUT2D eigenvalue weighted by atomic mass is 35.5. The summed E-state index contributed by atoms with van der Waals surface area (Å²) in [5.41, 5.74) is 1.27. The largest absolute Gasteiger partial charge is 0.490 e. The molecule has 0 unspecified atom stereocenters. The van der Waals surface area contributed by atoms with E-state index in [0.29, 0.717) is 6.04 Å². The van der Waals surface area contributed by atoms with Crippen LogP contribution in [0.25, 0.3) is 6.08 Å². The molecule has 5 heteroatoms. The summed E-state index contributed by atoms with van der Waals surface area (Å²) < 4.78 is 5.91. The van der Waals surface area contributed by atoms with Gasteiger partial charge in [-0.05, 0) is 43.5 Å². The molecule has 2 rings (SSSR count). The van der Waals surface area contributed by atoms with E-state index in [4.69, 9.17) is 4.74 Å². The quantitative estimate of drug-likeness (QED) is 0.678. The molecule has 2 heterocycles. The Kier molecular flexibility index (Phi) is 10.3. The third-order valence-corrected chi connectivity index (χ3v) is 3.84. The van der Waals surface area contributed by atoms with E-state index in [1.165, 1.54) is 19.4 Å². The van der Waals surface area contributed by atoms with Gasteiger partial charge >= 0.3 is 0 Å². The molecule has 1 aliphatic heterocycles. The first-order valence-electron chi connectivity index (χ1n) is 8.08. The summed E-state index contributed by atoms with van der Waals surface area (Å²) in [6.07, 6.45) is 14.5. The summed E-state index contributed by atoms with van der Waals surface area (Å²) in [7, 11) is 2.17. The first kappa shape index (κ1) is 23.0. The van der Waals surface area contributed by atoms with E-state index in [2.05, 4.69) is 62.0 Å². The number of pyridine rings is 1. The highest BCUT2D eigenvalue weighted by molar-refractivity contribution is 5.85. The zero-order valence-corrected chi connectivity index (χ0v) is 16.7. The maximum absolute atomic E-state index is 5.91. The molecule has 0 aliphatic carbocycles. The first-order chi connectivity index (χ1) is 10.4. The van der Waals surface area contributed by atoms with Crippen LogP contribution in [0.1, 0.15) is 39.2 Å². The lowest BCUT2D eigenvalue weighted by Crippen LogP contribution is -2.30.